The highest BCUT2D eigenvalue weighted by atomic mass is 16.6. The normalized spacial score (nSPS) is 18.6. The molecule has 1 atom stereocenters. The molecule has 0 saturated carbocycles. The van der Waals surface area contributed by atoms with Crippen molar-refractivity contribution in [1.29, 1.82) is 0 Å². The first-order valence-electron chi connectivity index (χ1n) is 6.56. The maximum atomic E-state index is 11.3. The molecule has 19 heavy (non-hydrogen) atoms. The number of ether oxygens (including phenoxy) is 1. The molecule has 0 bridgehead atoms. The molecule has 1 fully saturated rings. The average molecular weight is 265 g/mol. The molecule has 2 rings (SSSR count). The Labute approximate surface area is 112 Å². The summed E-state index contributed by atoms with van der Waals surface area (Å²) in [6, 6.07) is 5.38. The standard InChI is InChI=1S/C13H19N3O3/c1-2-19-12-7-3-6-11(13(12)16(17)18)15-8-4-5-10(15)9-14/h3,6-7,10H,2,4-5,8-9,14H2,1H3. The number of rotatable bonds is 5. The first kappa shape index (κ1) is 13.6. The third-order valence-electron chi connectivity index (χ3n) is 3.42. The molecule has 2 N–H and O–H groups in total. The second-order valence-electron chi connectivity index (χ2n) is 4.54. The van der Waals surface area contributed by atoms with Crippen LogP contribution in [-0.2, 0) is 0 Å². The van der Waals surface area contributed by atoms with Gasteiger partial charge in [-0.2, -0.15) is 0 Å². The van der Waals surface area contributed by atoms with Crippen molar-refractivity contribution in [3.63, 3.8) is 0 Å². The van der Waals surface area contributed by atoms with E-state index in [1.807, 2.05) is 11.8 Å². The number of nitro benzene ring substituents is 1. The first-order chi connectivity index (χ1) is 9.19. The van der Waals surface area contributed by atoms with Crippen molar-refractivity contribution in [2.75, 3.05) is 24.6 Å². The van der Waals surface area contributed by atoms with E-state index in [0.29, 0.717) is 24.6 Å². The van der Waals surface area contributed by atoms with Crippen LogP contribution in [0.25, 0.3) is 0 Å². The third kappa shape index (κ3) is 2.63. The second kappa shape index (κ2) is 5.88. The number of benzene rings is 1. The van der Waals surface area contributed by atoms with Crippen molar-refractivity contribution in [3.8, 4) is 5.75 Å². The molecule has 1 aromatic rings. The van der Waals surface area contributed by atoms with Gasteiger partial charge in [0.25, 0.3) is 0 Å². The quantitative estimate of drug-likeness (QED) is 0.649. The van der Waals surface area contributed by atoms with Gasteiger partial charge in [-0.1, -0.05) is 6.07 Å². The fourth-order valence-corrected chi connectivity index (χ4v) is 2.60. The summed E-state index contributed by atoms with van der Waals surface area (Å²) in [5.74, 6) is 0.327. The number of hydrogen-bond donors (Lipinski definition) is 1. The molecule has 1 heterocycles. The highest BCUT2D eigenvalue weighted by Gasteiger charge is 2.31. The molecule has 1 saturated heterocycles. The average Bonchev–Trinajstić information content (AvgIpc) is 2.86. The lowest BCUT2D eigenvalue weighted by molar-refractivity contribution is -0.385. The predicted octanol–water partition coefficient (Wildman–Crippen LogP) is 1.92. The zero-order valence-corrected chi connectivity index (χ0v) is 11.0. The molecule has 1 unspecified atom stereocenters. The topological polar surface area (TPSA) is 81.6 Å². The van der Waals surface area contributed by atoms with Gasteiger partial charge in [-0.05, 0) is 31.9 Å². The van der Waals surface area contributed by atoms with E-state index in [4.69, 9.17) is 10.5 Å². The summed E-state index contributed by atoms with van der Waals surface area (Å²) in [6.07, 6.45) is 1.99. The molecule has 1 aromatic carbocycles. The highest BCUT2D eigenvalue weighted by molar-refractivity contribution is 5.70. The Morgan fingerprint density at radius 3 is 3.00 bits per heavy atom. The van der Waals surface area contributed by atoms with Gasteiger partial charge in [-0.3, -0.25) is 10.1 Å². The zero-order valence-electron chi connectivity index (χ0n) is 11.0. The molecule has 6 heteroatoms. The van der Waals surface area contributed by atoms with Crippen molar-refractivity contribution in [2.24, 2.45) is 5.73 Å². The van der Waals surface area contributed by atoms with E-state index < -0.39 is 0 Å². The number of hydrogen-bond acceptors (Lipinski definition) is 5. The van der Waals surface area contributed by atoms with Gasteiger partial charge in [0.2, 0.25) is 0 Å². The number of para-hydroxylation sites is 1. The molecule has 0 aliphatic carbocycles. The zero-order chi connectivity index (χ0) is 13.8. The Hall–Kier alpha value is -1.82. The summed E-state index contributed by atoms with van der Waals surface area (Å²) in [5, 5.41) is 11.3. The maximum absolute atomic E-state index is 11.3. The summed E-state index contributed by atoms with van der Waals surface area (Å²) in [4.78, 5) is 13.0. The van der Waals surface area contributed by atoms with Crippen molar-refractivity contribution in [3.05, 3.63) is 28.3 Å². The first-order valence-corrected chi connectivity index (χ1v) is 6.56. The lowest BCUT2D eigenvalue weighted by atomic mass is 10.2. The van der Waals surface area contributed by atoms with Crippen LogP contribution in [-0.4, -0.2) is 30.7 Å². The molecule has 104 valence electrons. The summed E-state index contributed by atoms with van der Waals surface area (Å²) < 4.78 is 5.37. The monoisotopic (exact) mass is 265 g/mol. The van der Waals surface area contributed by atoms with Crippen LogP contribution in [0.5, 0.6) is 5.75 Å². The predicted molar refractivity (Wildman–Crippen MR) is 73.7 cm³/mol. The molecule has 0 radical (unpaired) electrons. The number of nitrogens with zero attached hydrogens (tertiary/aromatic N) is 2. The molecular weight excluding hydrogens is 246 g/mol. The molecule has 0 aromatic heterocycles. The Balaban J connectivity index is 2.44. The van der Waals surface area contributed by atoms with E-state index in [-0.39, 0.29) is 16.7 Å². The van der Waals surface area contributed by atoms with Gasteiger partial charge in [-0.25, -0.2) is 0 Å². The van der Waals surface area contributed by atoms with E-state index >= 15 is 0 Å². The van der Waals surface area contributed by atoms with Gasteiger partial charge in [-0.15, -0.1) is 0 Å². The van der Waals surface area contributed by atoms with Crippen LogP contribution in [0, 0.1) is 10.1 Å². The van der Waals surface area contributed by atoms with Crippen LogP contribution in [0.2, 0.25) is 0 Å². The molecule has 0 spiro atoms. The molecular formula is C13H19N3O3. The number of nitrogens with two attached hydrogens (primary N) is 1. The van der Waals surface area contributed by atoms with Crippen molar-refractivity contribution in [1.82, 2.24) is 0 Å². The van der Waals surface area contributed by atoms with Crippen molar-refractivity contribution < 1.29 is 9.66 Å². The highest BCUT2D eigenvalue weighted by Crippen LogP contribution is 2.39. The number of anilines is 1. The van der Waals surface area contributed by atoms with Crippen LogP contribution in [0.15, 0.2) is 18.2 Å². The van der Waals surface area contributed by atoms with Crippen LogP contribution >= 0.6 is 0 Å². The van der Waals surface area contributed by atoms with Gasteiger partial charge in [0.15, 0.2) is 5.75 Å². The van der Waals surface area contributed by atoms with Gasteiger partial charge in [0, 0.05) is 19.1 Å². The van der Waals surface area contributed by atoms with E-state index in [1.165, 1.54) is 0 Å². The molecule has 6 nitrogen and oxygen atoms in total. The van der Waals surface area contributed by atoms with E-state index in [2.05, 4.69) is 0 Å². The van der Waals surface area contributed by atoms with E-state index in [1.54, 1.807) is 18.2 Å². The minimum Gasteiger partial charge on any atom is -0.487 e. The van der Waals surface area contributed by atoms with Crippen molar-refractivity contribution in [2.45, 2.75) is 25.8 Å². The minimum absolute atomic E-state index is 0.0460. The molecule has 1 aliphatic rings. The van der Waals surface area contributed by atoms with Gasteiger partial charge >= 0.3 is 5.69 Å². The fraction of sp³-hybridized carbons (Fsp3) is 0.538. The largest absolute Gasteiger partial charge is 0.487 e. The summed E-state index contributed by atoms with van der Waals surface area (Å²) >= 11 is 0. The second-order valence-corrected chi connectivity index (χ2v) is 4.54. The van der Waals surface area contributed by atoms with Gasteiger partial charge in [0.05, 0.1) is 11.5 Å². The lowest BCUT2D eigenvalue weighted by Gasteiger charge is -2.25. The van der Waals surface area contributed by atoms with E-state index in [9.17, 15) is 10.1 Å². The maximum Gasteiger partial charge on any atom is 0.333 e. The van der Waals surface area contributed by atoms with Crippen LogP contribution < -0.4 is 15.4 Å². The Morgan fingerprint density at radius 1 is 1.58 bits per heavy atom. The summed E-state index contributed by atoms with van der Waals surface area (Å²) in [6.45, 7) is 3.54. The minimum atomic E-state index is -0.369. The van der Waals surface area contributed by atoms with Crippen LogP contribution in [0.4, 0.5) is 11.4 Å². The van der Waals surface area contributed by atoms with Crippen LogP contribution in [0.3, 0.4) is 0 Å². The number of nitro groups is 1. The summed E-state index contributed by atoms with van der Waals surface area (Å²) in [5.41, 5.74) is 6.40. The molecule has 0 amide bonds. The van der Waals surface area contributed by atoms with Crippen LogP contribution in [0.1, 0.15) is 19.8 Å². The SMILES string of the molecule is CCOc1cccc(N2CCCC2CN)c1[N+](=O)[O-]. The van der Waals surface area contributed by atoms with Gasteiger partial charge < -0.3 is 15.4 Å². The summed E-state index contributed by atoms with van der Waals surface area (Å²) in [7, 11) is 0. The Morgan fingerprint density at radius 2 is 2.37 bits per heavy atom. The lowest BCUT2D eigenvalue weighted by Crippen LogP contribution is -2.35. The fourth-order valence-electron chi connectivity index (χ4n) is 2.60. The van der Waals surface area contributed by atoms with Gasteiger partial charge in [0.1, 0.15) is 5.69 Å². The van der Waals surface area contributed by atoms with Crippen molar-refractivity contribution >= 4 is 11.4 Å². The smallest absolute Gasteiger partial charge is 0.333 e. The van der Waals surface area contributed by atoms with E-state index in [0.717, 1.165) is 19.4 Å². The Bertz CT molecular complexity index is 464. The third-order valence-corrected chi connectivity index (χ3v) is 3.42. The molecule has 1 aliphatic heterocycles. The Kier molecular flexibility index (Phi) is 4.21.